The van der Waals surface area contributed by atoms with E-state index in [1.807, 2.05) is 0 Å². The first kappa shape index (κ1) is 41.5. The van der Waals surface area contributed by atoms with Crippen molar-refractivity contribution in [3.63, 3.8) is 0 Å². The molecule has 55 heavy (non-hydrogen) atoms. The van der Waals surface area contributed by atoms with Crippen LogP contribution in [0.15, 0.2) is 35.3 Å². The van der Waals surface area contributed by atoms with Gasteiger partial charge in [-0.3, -0.25) is 14.4 Å². The van der Waals surface area contributed by atoms with Crippen LogP contribution >= 0.6 is 0 Å². The maximum atomic E-state index is 16.6. The zero-order valence-corrected chi connectivity index (χ0v) is 30.6. The van der Waals surface area contributed by atoms with Crippen molar-refractivity contribution >= 4 is 11.9 Å². The number of nitrogens with zero attached hydrogens (tertiary/aromatic N) is 2. The monoisotopic (exact) mass is 779 g/mol. The number of halogens is 8. The minimum absolute atomic E-state index is 0.107. The van der Waals surface area contributed by atoms with Crippen molar-refractivity contribution in [1.82, 2.24) is 14.8 Å². The number of terminal acetylenes is 1. The summed E-state index contributed by atoms with van der Waals surface area (Å²) in [6.07, 6.45) is 0.387. The van der Waals surface area contributed by atoms with Gasteiger partial charge in [0.25, 0.3) is 11.5 Å². The second kappa shape index (κ2) is 15.8. The van der Waals surface area contributed by atoms with Gasteiger partial charge in [-0.05, 0) is 98.5 Å². The first-order chi connectivity index (χ1) is 25.6. The maximum Gasteiger partial charge on any atom is 0.416 e. The molecular formula is C40H41F8N3O4. The van der Waals surface area contributed by atoms with Crippen LogP contribution in [0.1, 0.15) is 97.3 Å². The van der Waals surface area contributed by atoms with Crippen LogP contribution in [0, 0.1) is 55.5 Å². The van der Waals surface area contributed by atoms with Crippen LogP contribution < -0.4 is 10.9 Å². The lowest BCUT2D eigenvalue weighted by Gasteiger charge is -2.34. The van der Waals surface area contributed by atoms with E-state index < -0.39 is 94.0 Å². The number of aryl methyl sites for hydroxylation is 2. The number of benzene rings is 2. The van der Waals surface area contributed by atoms with Gasteiger partial charge in [0, 0.05) is 42.3 Å². The van der Waals surface area contributed by atoms with Gasteiger partial charge in [-0.1, -0.05) is 19.8 Å². The standard InChI is InChI=1S/C40H41F8N3O4/c1-6-23-14-27(34-21(4)12-26(41)13-22(34)5)37(43)35(36(23)42)30(16-33(53)54)49-38(55)31(11-20(2)3)51-19-28(29(15-32(51)52)40(46,47)48)24-7-9-50(10-8-24)18-25-17-39(25,44)45/h1,12-15,19-20,24-25,30-31H,7-11,16-18H2,2-5H3,(H,49,55)(H,53,54)/t25-,30-,31+/m1/s1. The van der Waals surface area contributed by atoms with Crippen molar-refractivity contribution in [2.45, 2.75) is 89.9 Å². The average molecular weight is 780 g/mol. The number of amides is 1. The summed E-state index contributed by atoms with van der Waals surface area (Å²) in [4.78, 5) is 41.5. The Morgan fingerprint density at radius 1 is 1.04 bits per heavy atom. The van der Waals surface area contributed by atoms with Gasteiger partial charge in [0.05, 0.1) is 23.6 Å². The largest absolute Gasteiger partial charge is 0.481 e. The molecule has 3 aromatic rings. The van der Waals surface area contributed by atoms with Gasteiger partial charge >= 0.3 is 12.1 Å². The van der Waals surface area contributed by atoms with E-state index in [2.05, 4.69) is 11.2 Å². The number of rotatable bonds is 12. The van der Waals surface area contributed by atoms with Crippen molar-refractivity contribution in [3.05, 3.63) is 91.6 Å². The molecule has 2 fully saturated rings. The number of carboxylic acids is 1. The van der Waals surface area contributed by atoms with Crippen molar-refractivity contribution in [2.75, 3.05) is 19.6 Å². The molecule has 0 radical (unpaired) electrons. The smallest absolute Gasteiger partial charge is 0.416 e. The number of carbonyl (C=O) groups is 2. The summed E-state index contributed by atoms with van der Waals surface area (Å²) in [5.74, 6) is -8.55. The second-order valence-corrected chi connectivity index (χ2v) is 15.0. The Balaban J connectivity index is 1.56. The summed E-state index contributed by atoms with van der Waals surface area (Å²) >= 11 is 0. The third-order valence-corrected chi connectivity index (χ3v) is 10.4. The highest BCUT2D eigenvalue weighted by molar-refractivity contribution is 5.82. The van der Waals surface area contributed by atoms with Crippen molar-refractivity contribution in [2.24, 2.45) is 11.8 Å². The lowest BCUT2D eigenvalue weighted by atomic mass is 9.87. The number of aromatic nitrogens is 1. The van der Waals surface area contributed by atoms with Gasteiger partial charge in [0.1, 0.15) is 23.5 Å². The normalized spacial score (nSPS) is 18.5. The fraction of sp³-hybridized carbons (Fsp3) is 0.475. The molecule has 296 valence electrons. The summed E-state index contributed by atoms with van der Waals surface area (Å²) in [6.45, 7) is 6.85. The number of pyridine rings is 1. The Morgan fingerprint density at radius 2 is 1.64 bits per heavy atom. The molecule has 1 amide bonds. The molecular weight excluding hydrogens is 738 g/mol. The van der Waals surface area contributed by atoms with E-state index in [9.17, 15) is 45.8 Å². The third kappa shape index (κ3) is 9.06. The zero-order chi connectivity index (χ0) is 40.7. The minimum atomic E-state index is -4.96. The van der Waals surface area contributed by atoms with Gasteiger partial charge in [0.15, 0.2) is 0 Å². The molecule has 2 heterocycles. The van der Waals surface area contributed by atoms with Gasteiger partial charge in [-0.25, -0.2) is 22.0 Å². The third-order valence-electron chi connectivity index (χ3n) is 10.4. The van der Waals surface area contributed by atoms with Crippen LogP contribution in [0.2, 0.25) is 0 Å². The summed E-state index contributed by atoms with van der Waals surface area (Å²) in [5, 5.41) is 12.2. The summed E-state index contributed by atoms with van der Waals surface area (Å²) < 4.78 is 118. The number of likely N-dealkylation sites (tertiary alicyclic amines) is 1. The molecule has 1 saturated carbocycles. The Kier molecular flexibility index (Phi) is 11.9. The molecule has 0 spiro atoms. The zero-order valence-electron chi connectivity index (χ0n) is 30.6. The second-order valence-electron chi connectivity index (χ2n) is 15.0. The molecule has 2 N–H and O–H groups in total. The number of alkyl halides is 5. The average Bonchev–Trinajstić information content (AvgIpc) is 3.68. The molecule has 2 aliphatic rings. The molecule has 1 aliphatic heterocycles. The predicted molar refractivity (Wildman–Crippen MR) is 188 cm³/mol. The molecule has 1 aromatic heterocycles. The fourth-order valence-corrected chi connectivity index (χ4v) is 7.63. The van der Waals surface area contributed by atoms with E-state index in [0.717, 1.165) is 29.0 Å². The molecule has 15 heteroatoms. The Labute approximate surface area is 312 Å². The van der Waals surface area contributed by atoms with E-state index in [1.54, 1.807) is 18.7 Å². The van der Waals surface area contributed by atoms with E-state index in [1.165, 1.54) is 13.8 Å². The lowest BCUT2D eigenvalue weighted by molar-refractivity contribution is -0.139. The topological polar surface area (TPSA) is 91.6 Å². The van der Waals surface area contributed by atoms with Gasteiger partial charge < -0.3 is 19.9 Å². The van der Waals surface area contributed by atoms with Crippen molar-refractivity contribution < 1.29 is 49.8 Å². The number of piperidine rings is 1. The van der Waals surface area contributed by atoms with Crippen LogP contribution in [0.4, 0.5) is 35.1 Å². The quantitative estimate of drug-likeness (QED) is 0.143. The number of carbonyl (C=O) groups excluding carboxylic acids is 1. The number of aliphatic carboxylic acids is 1. The Morgan fingerprint density at radius 3 is 2.15 bits per heavy atom. The van der Waals surface area contributed by atoms with Crippen LogP contribution in [-0.2, 0) is 15.8 Å². The van der Waals surface area contributed by atoms with E-state index in [-0.39, 0.29) is 79.1 Å². The highest BCUT2D eigenvalue weighted by Crippen LogP contribution is 2.49. The summed E-state index contributed by atoms with van der Waals surface area (Å²) in [5.41, 5.74) is -3.72. The molecule has 2 aromatic carbocycles. The number of hydrogen-bond acceptors (Lipinski definition) is 4. The number of carboxylic acid groups (broad SMARTS) is 1. The van der Waals surface area contributed by atoms with Crippen LogP contribution in [-0.4, -0.2) is 52.0 Å². The van der Waals surface area contributed by atoms with Crippen molar-refractivity contribution in [3.8, 4) is 23.5 Å². The van der Waals surface area contributed by atoms with Crippen LogP contribution in [0.25, 0.3) is 11.1 Å². The Bertz CT molecular complexity index is 2060. The van der Waals surface area contributed by atoms with Gasteiger partial charge in [-0.2, -0.15) is 13.2 Å². The molecule has 0 unspecified atom stereocenters. The maximum absolute atomic E-state index is 16.6. The highest BCUT2D eigenvalue weighted by atomic mass is 19.4. The predicted octanol–water partition coefficient (Wildman–Crippen LogP) is 8.30. The van der Waals surface area contributed by atoms with Crippen LogP contribution in [0.3, 0.4) is 0 Å². The molecule has 1 saturated heterocycles. The van der Waals surface area contributed by atoms with Gasteiger partial charge in [0.2, 0.25) is 5.91 Å². The highest BCUT2D eigenvalue weighted by Gasteiger charge is 2.57. The number of nitrogens with one attached hydrogen (secondary N) is 1. The number of hydrogen-bond donors (Lipinski definition) is 2. The lowest BCUT2D eigenvalue weighted by Crippen LogP contribution is -2.41. The molecule has 0 bridgehead atoms. The first-order valence-electron chi connectivity index (χ1n) is 17.8. The van der Waals surface area contributed by atoms with Gasteiger partial charge in [-0.15, -0.1) is 6.42 Å². The SMILES string of the molecule is C#Cc1cc(-c2c(C)cc(F)cc2C)c(F)c([C@@H](CC(=O)O)NC(=O)[C@H](CC(C)C)n2cc(C3CCN(C[C@H]4CC4(F)F)CC3)c(C(F)(F)F)cc2=O)c1F. The Hall–Kier alpha value is -4.71. The molecule has 3 atom stereocenters. The van der Waals surface area contributed by atoms with Crippen molar-refractivity contribution in [1.29, 1.82) is 0 Å². The summed E-state index contributed by atoms with van der Waals surface area (Å²) in [6, 6.07) is 0.129. The van der Waals surface area contributed by atoms with E-state index >= 15 is 8.78 Å². The first-order valence-corrected chi connectivity index (χ1v) is 17.8. The summed E-state index contributed by atoms with van der Waals surface area (Å²) in [7, 11) is 0. The molecule has 7 nitrogen and oxygen atoms in total. The fourth-order valence-electron chi connectivity index (χ4n) is 7.63. The van der Waals surface area contributed by atoms with Crippen LogP contribution in [0.5, 0.6) is 0 Å². The van der Waals surface area contributed by atoms with E-state index in [4.69, 9.17) is 6.42 Å². The minimum Gasteiger partial charge on any atom is -0.481 e. The molecule has 5 rings (SSSR count). The van der Waals surface area contributed by atoms with E-state index in [0.29, 0.717) is 6.07 Å². The molecule has 1 aliphatic carbocycles.